The number of morpholine rings is 1. The van der Waals surface area contributed by atoms with Crippen LogP contribution in [0.1, 0.15) is 0 Å². The number of amides is 2. The predicted molar refractivity (Wildman–Crippen MR) is 92.5 cm³/mol. The molecule has 0 aromatic carbocycles. The van der Waals surface area contributed by atoms with E-state index in [0.29, 0.717) is 26.2 Å². The minimum Gasteiger partial charge on any atom is -0.373 e. The number of carbonyl (C=O) groups excluding carboxylic acids is 1. The lowest BCUT2D eigenvalue weighted by atomic mass is 10.2. The zero-order chi connectivity index (χ0) is 18.5. The molecule has 138 valence electrons. The molecule has 2 aromatic rings. The molecule has 0 radical (unpaired) electrons. The van der Waals surface area contributed by atoms with Gasteiger partial charge in [0.15, 0.2) is 11.6 Å². The van der Waals surface area contributed by atoms with E-state index in [4.69, 9.17) is 4.74 Å². The molecule has 1 saturated heterocycles. The first-order valence-electron chi connectivity index (χ1n) is 8.07. The molecule has 9 nitrogen and oxygen atoms in total. The van der Waals surface area contributed by atoms with Crippen molar-refractivity contribution in [1.82, 2.24) is 19.4 Å². The number of urea groups is 1. The number of nitrogens with one attached hydrogen (secondary N) is 2. The standard InChI is InChI=1S/C16H19FN6O3/c1-22-5-4-19-14(15(22)24)20-8-11-10-23(6-7-26-11)16(25)21-13-2-3-18-9-12(13)17/h2-5,9,11H,6-8,10H2,1H3,(H,19,20)(H,18,21,25)/t11-/m1/s1. The number of anilines is 2. The van der Waals surface area contributed by atoms with Crippen LogP contribution in [0.4, 0.5) is 20.7 Å². The van der Waals surface area contributed by atoms with E-state index < -0.39 is 11.8 Å². The van der Waals surface area contributed by atoms with Crippen LogP contribution in [0.25, 0.3) is 0 Å². The largest absolute Gasteiger partial charge is 0.373 e. The van der Waals surface area contributed by atoms with Crippen LogP contribution in [0.15, 0.2) is 35.6 Å². The summed E-state index contributed by atoms with van der Waals surface area (Å²) in [4.78, 5) is 33.4. The molecule has 26 heavy (non-hydrogen) atoms. The summed E-state index contributed by atoms with van der Waals surface area (Å²) >= 11 is 0. The van der Waals surface area contributed by atoms with Gasteiger partial charge in [-0.3, -0.25) is 9.78 Å². The fourth-order valence-electron chi connectivity index (χ4n) is 2.53. The van der Waals surface area contributed by atoms with E-state index >= 15 is 0 Å². The van der Waals surface area contributed by atoms with Crippen molar-refractivity contribution in [3.05, 3.63) is 47.0 Å². The number of hydrogen-bond donors (Lipinski definition) is 2. The van der Waals surface area contributed by atoms with Crippen LogP contribution in [-0.2, 0) is 11.8 Å². The number of nitrogens with zero attached hydrogens (tertiary/aromatic N) is 4. The molecule has 0 aliphatic carbocycles. The number of halogens is 1. The van der Waals surface area contributed by atoms with Gasteiger partial charge in [-0.1, -0.05) is 0 Å². The lowest BCUT2D eigenvalue weighted by molar-refractivity contribution is -0.00451. The number of carbonyl (C=O) groups is 1. The van der Waals surface area contributed by atoms with Crippen molar-refractivity contribution in [1.29, 1.82) is 0 Å². The first-order chi connectivity index (χ1) is 12.5. The van der Waals surface area contributed by atoms with E-state index in [1.807, 2.05) is 0 Å². The van der Waals surface area contributed by atoms with Crippen LogP contribution >= 0.6 is 0 Å². The van der Waals surface area contributed by atoms with Crippen molar-refractivity contribution < 1.29 is 13.9 Å². The first-order valence-corrected chi connectivity index (χ1v) is 8.07. The molecule has 0 unspecified atom stereocenters. The number of ether oxygens (including phenoxy) is 1. The van der Waals surface area contributed by atoms with Crippen molar-refractivity contribution >= 4 is 17.5 Å². The van der Waals surface area contributed by atoms with E-state index in [2.05, 4.69) is 20.6 Å². The summed E-state index contributed by atoms with van der Waals surface area (Å²) < 4.78 is 20.6. The maximum Gasteiger partial charge on any atom is 0.322 e. The van der Waals surface area contributed by atoms with Crippen molar-refractivity contribution in [2.45, 2.75) is 6.10 Å². The highest BCUT2D eigenvalue weighted by Gasteiger charge is 2.25. The molecule has 2 amide bonds. The quantitative estimate of drug-likeness (QED) is 0.829. The Morgan fingerprint density at radius 1 is 1.46 bits per heavy atom. The van der Waals surface area contributed by atoms with Crippen molar-refractivity contribution in [2.24, 2.45) is 7.05 Å². The molecule has 2 N–H and O–H groups in total. The highest BCUT2D eigenvalue weighted by Crippen LogP contribution is 2.13. The maximum absolute atomic E-state index is 13.6. The molecule has 0 bridgehead atoms. The van der Waals surface area contributed by atoms with Crippen LogP contribution in [0.3, 0.4) is 0 Å². The fraction of sp³-hybridized carbons (Fsp3) is 0.375. The second-order valence-corrected chi connectivity index (χ2v) is 5.80. The van der Waals surface area contributed by atoms with Gasteiger partial charge < -0.3 is 24.8 Å². The van der Waals surface area contributed by atoms with Crippen LogP contribution in [0, 0.1) is 5.82 Å². The number of aromatic nitrogens is 3. The molecule has 3 rings (SSSR count). The Bertz CT molecular complexity index is 843. The second-order valence-electron chi connectivity index (χ2n) is 5.80. The fourth-order valence-corrected chi connectivity index (χ4v) is 2.53. The van der Waals surface area contributed by atoms with Crippen LogP contribution in [0.2, 0.25) is 0 Å². The third-order valence-electron chi connectivity index (χ3n) is 3.95. The van der Waals surface area contributed by atoms with E-state index in [0.717, 1.165) is 6.20 Å². The highest BCUT2D eigenvalue weighted by atomic mass is 19.1. The van der Waals surface area contributed by atoms with Crippen molar-refractivity contribution in [3.63, 3.8) is 0 Å². The second kappa shape index (κ2) is 7.91. The van der Waals surface area contributed by atoms with Crippen LogP contribution in [0.5, 0.6) is 0 Å². The Balaban J connectivity index is 1.57. The molecule has 0 spiro atoms. The summed E-state index contributed by atoms with van der Waals surface area (Å²) in [5, 5.41) is 5.47. The van der Waals surface area contributed by atoms with E-state index in [1.165, 1.54) is 27.9 Å². The number of pyridine rings is 1. The molecule has 1 aliphatic rings. The number of aryl methyl sites for hydroxylation is 1. The number of rotatable bonds is 4. The summed E-state index contributed by atoms with van der Waals surface area (Å²) in [7, 11) is 1.64. The smallest absolute Gasteiger partial charge is 0.322 e. The monoisotopic (exact) mass is 362 g/mol. The van der Waals surface area contributed by atoms with Gasteiger partial charge in [-0.2, -0.15) is 0 Å². The molecule has 1 atom stereocenters. The Labute approximate surface area is 148 Å². The third kappa shape index (κ3) is 4.14. The highest BCUT2D eigenvalue weighted by molar-refractivity contribution is 5.89. The van der Waals surface area contributed by atoms with Gasteiger partial charge in [0.1, 0.15) is 0 Å². The topological polar surface area (TPSA) is 101 Å². The Kier molecular flexibility index (Phi) is 5.42. The van der Waals surface area contributed by atoms with Gasteiger partial charge in [0, 0.05) is 38.7 Å². The van der Waals surface area contributed by atoms with Gasteiger partial charge in [-0.15, -0.1) is 0 Å². The molecule has 0 saturated carbocycles. The average Bonchev–Trinajstić information content (AvgIpc) is 2.65. The van der Waals surface area contributed by atoms with Crippen LogP contribution < -0.4 is 16.2 Å². The zero-order valence-corrected chi connectivity index (χ0v) is 14.2. The Morgan fingerprint density at radius 2 is 2.31 bits per heavy atom. The third-order valence-corrected chi connectivity index (χ3v) is 3.95. The van der Waals surface area contributed by atoms with Crippen LogP contribution in [-0.4, -0.2) is 57.8 Å². The Hall–Kier alpha value is -3.01. The SMILES string of the molecule is Cn1ccnc(NC[C@@H]2CN(C(=O)Nc3ccncc3F)CCO2)c1=O. The molecular formula is C16H19FN6O3. The average molecular weight is 362 g/mol. The van der Waals surface area contributed by atoms with Crippen molar-refractivity contribution in [2.75, 3.05) is 36.9 Å². The summed E-state index contributed by atoms with van der Waals surface area (Å²) in [6.45, 7) is 1.36. The lowest BCUT2D eigenvalue weighted by Crippen LogP contribution is -2.49. The summed E-state index contributed by atoms with van der Waals surface area (Å²) in [6.07, 6.45) is 5.21. The molecule has 10 heteroatoms. The summed E-state index contributed by atoms with van der Waals surface area (Å²) in [5.74, 6) is -0.377. The lowest BCUT2D eigenvalue weighted by Gasteiger charge is -2.33. The minimum absolute atomic E-state index is 0.0724. The molecule has 3 heterocycles. The molecular weight excluding hydrogens is 343 g/mol. The minimum atomic E-state index is -0.599. The van der Waals surface area contributed by atoms with Gasteiger partial charge in [-0.25, -0.2) is 14.2 Å². The summed E-state index contributed by atoms with van der Waals surface area (Å²) in [6, 6.07) is 0.973. The molecule has 1 aliphatic heterocycles. The molecule has 2 aromatic heterocycles. The summed E-state index contributed by atoms with van der Waals surface area (Å²) in [5.41, 5.74) is -0.172. The van der Waals surface area contributed by atoms with Crippen molar-refractivity contribution in [3.8, 4) is 0 Å². The predicted octanol–water partition coefficient (Wildman–Crippen LogP) is 0.659. The van der Waals surface area contributed by atoms with Gasteiger partial charge in [0.05, 0.1) is 31.1 Å². The maximum atomic E-state index is 13.6. The first kappa shape index (κ1) is 17.8. The number of hydrogen-bond acceptors (Lipinski definition) is 6. The van der Waals surface area contributed by atoms with Gasteiger partial charge in [0.2, 0.25) is 0 Å². The van der Waals surface area contributed by atoms with Gasteiger partial charge >= 0.3 is 6.03 Å². The normalized spacial score (nSPS) is 17.0. The van der Waals surface area contributed by atoms with E-state index in [9.17, 15) is 14.0 Å². The van der Waals surface area contributed by atoms with Gasteiger partial charge in [-0.05, 0) is 6.07 Å². The van der Waals surface area contributed by atoms with Gasteiger partial charge in [0.25, 0.3) is 5.56 Å². The van der Waals surface area contributed by atoms with E-state index in [-0.39, 0.29) is 23.2 Å². The zero-order valence-electron chi connectivity index (χ0n) is 14.2. The Morgan fingerprint density at radius 3 is 3.12 bits per heavy atom. The van der Waals surface area contributed by atoms with E-state index in [1.54, 1.807) is 13.2 Å². The molecule has 1 fully saturated rings.